The molecule has 0 saturated heterocycles. The molecule has 1 aromatic carbocycles. The summed E-state index contributed by atoms with van der Waals surface area (Å²) in [6.45, 7) is 5.98. The zero-order valence-corrected chi connectivity index (χ0v) is 12.4. The van der Waals surface area contributed by atoms with Gasteiger partial charge >= 0.3 is 6.09 Å². The van der Waals surface area contributed by atoms with Crippen molar-refractivity contribution in [1.82, 2.24) is 5.32 Å². The Morgan fingerprint density at radius 1 is 1.29 bits per heavy atom. The number of hydrogen-bond donors (Lipinski definition) is 3. The van der Waals surface area contributed by atoms with Gasteiger partial charge in [0.1, 0.15) is 5.60 Å². The molecule has 1 aromatic rings. The maximum atomic E-state index is 13.5. The van der Waals surface area contributed by atoms with E-state index >= 15 is 0 Å². The minimum Gasteiger partial charge on any atom is -0.444 e. The lowest BCUT2D eigenvalue weighted by molar-refractivity contribution is 0.0528. The van der Waals surface area contributed by atoms with Gasteiger partial charge in [-0.15, -0.1) is 0 Å². The van der Waals surface area contributed by atoms with Crippen LogP contribution in [-0.4, -0.2) is 24.8 Å². The molecule has 5 nitrogen and oxygen atoms in total. The number of nitrogens with two attached hydrogens (primary N) is 1. The van der Waals surface area contributed by atoms with E-state index in [1.54, 1.807) is 20.8 Å². The van der Waals surface area contributed by atoms with E-state index in [4.69, 9.17) is 10.5 Å². The second-order valence-electron chi connectivity index (χ2n) is 5.53. The summed E-state index contributed by atoms with van der Waals surface area (Å²) in [7, 11) is 0. The fraction of sp³-hybridized carbons (Fsp3) is 0.500. The number of carbonyl (C=O) groups is 1. The molecular formula is C14H21F2N3O2. The summed E-state index contributed by atoms with van der Waals surface area (Å²) in [6.07, 6.45) is -0.00629. The molecule has 0 heterocycles. The second-order valence-corrected chi connectivity index (χ2v) is 5.53. The number of nitrogens with one attached hydrogen (secondary N) is 2. The van der Waals surface area contributed by atoms with Gasteiger partial charge in [-0.05, 0) is 39.3 Å². The van der Waals surface area contributed by atoms with Crippen LogP contribution in [-0.2, 0) is 4.74 Å². The Kier molecular flexibility index (Phi) is 5.75. The lowest BCUT2D eigenvalue weighted by atomic mass is 10.2. The maximum Gasteiger partial charge on any atom is 0.407 e. The normalized spacial score (nSPS) is 11.1. The highest BCUT2D eigenvalue weighted by Crippen LogP contribution is 2.24. The quantitative estimate of drug-likeness (QED) is 0.577. The minimum atomic E-state index is -1.00. The standard InChI is InChI=1S/C14H21F2N3O2/c1-14(2,3)21-13(20)19-8-4-7-18-12-10(17)6-5-9(15)11(12)16/h5-6,18H,4,7-8,17H2,1-3H3,(H,19,20). The molecular weight excluding hydrogens is 280 g/mol. The molecule has 0 unspecified atom stereocenters. The average molecular weight is 301 g/mol. The Labute approximate surface area is 122 Å². The van der Waals surface area contributed by atoms with Crippen LogP contribution in [0.4, 0.5) is 25.0 Å². The Morgan fingerprint density at radius 2 is 1.95 bits per heavy atom. The molecule has 0 fully saturated rings. The molecule has 0 radical (unpaired) electrons. The number of alkyl carbamates (subject to hydrolysis) is 1. The van der Waals surface area contributed by atoms with Crippen molar-refractivity contribution in [2.24, 2.45) is 0 Å². The first-order chi connectivity index (χ1) is 9.70. The summed E-state index contributed by atoms with van der Waals surface area (Å²) in [5, 5.41) is 5.28. The van der Waals surface area contributed by atoms with E-state index in [1.807, 2.05) is 0 Å². The first-order valence-electron chi connectivity index (χ1n) is 6.65. The predicted octanol–water partition coefficient (Wildman–Crippen LogP) is 2.87. The van der Waals surface area contributed by atoms with Crippen LogP contribution >= 0.6 is 0 Å². The predicted molar refractivity (Wildman–Crippen MR) is 78.1 cm³/mol. The number of rotatable bonds is 5. The first-order valence-corrected chi connectivity index (χ1v) is 6.65. The Bertz CT molecular complexity index is 502. The Hall–Kier alpha value is -2.05. The van der Waals surface area contributed by atoms with Crippen LogP contribution in [0.3, 0.4) is 0 Å². The van der Waals surface area contributed by atoms with E-state index in [0.29, 0.717) is 19.5 Å². The van der Waals surface area contributed by atoms with Crippen LogP contribution in [0.5, 0.6) is 0 Å². The number of amides is 1. The van der Waals surface area contributed by atoms with Gasteiger partial charge in [-0.1, -0.05) is 0 Å². The van der Waals surface area contributed by atoms with E-state index < -0.39 is 23.3 Å². The highest BCUT2D eigenvalue weighted by molar-refractivity contribution is 5.68. The molecule has 4 N–H and O–H groups in total. The van der Waals surface area contributed by atoms with E-state index in [1.165, 1.54) is 6.07 Å². The molecule has 118 valence electrons. The van der Waals surface area contributed by atoms with Crippen molar-refractivity contribution in [3.05, 3.63) is 23.8 Å². The van der Waals surface area contributed by atoms with Crippen molar-refractivity contribution in [3.63, 3.8) is 0 Å². The minimum absolute atomic E-state index is 0.0627. The number of hydrogen-bond acceptors (Lipinski definition) is 4. The number of nitrogen functional groups attached to an aromatic ring is 1. The molecule has 0 aliphatic rings. The van der Waals surface area contributed by atoms with Gasteiger partial charge in [0.2, 0.25) is 0 Å². The van der Waals surface area contributed by atoms with Gasteiger partial charge in [0.15, 0.2) is 11.6 Å². The highest BCUT2D eigenvalue weighted by atomic mass is 19.2. The van der Waals surface area contributed by atoms with Crippen LogP contribution in [0, 0.1) is 11.6 Å². The largest absolute Gasteiger partial charge is 0.444 e. The Morgan fingerprint density at radius 3 is 2.57 bits per heavy atom. The molecule has 0 aromatic heterocycles. The molecule has 1 amide bonds. The van der Waals surface area contributed by atoms with Gasteiger partial charge in [-0.25, -0.2) is 13.6 Å². The molecule has 0 atom stereocenters. The molecule has 7 heteroatoms. The molecule has 1 rings (SSSR count). The van der Waals surface area contributed by atoms with Crippen LogP contribution in [0.25, 0.3) is 0 Å². The zero-order valence-electron chi connectivity index (χ0n) is 12.4. The smallest absolute Gasteiger partial charge is 0.407 e. The van der Waals surface area contributed by atoms with Crippen molar-refractivity contribution >= 4 is 17.5 Å². The van der Waals surface area contributed by atoms with Gasteiger partial charge < -0.3 is 21.1 Å². The zero-order chi connectivity index (χ0) is 16.0. The summed E-state index contributed by atoms with van der Waals surface area (Å²) >= 11 is 0. The van der Waals surface area contributed by atoms with Crippen molar-refractivity contribution < 1.29 is 18.3 Å². The van der Waals surface area contributed by atoms with Crippen LogP contribution in [0.15, 0.2) is 12.1 Å². The third kappa shape index (κ3) is 5.85. The van der Waals surface area contributed by atoms with Gasteiger partial charge in [-0.2, -0.15) is 0 Å². The third-order valence-corrected chi connectivity index (χ3v) is 2.45. The van der Waals surface area contributed by atoms with Crippen molar-refractivity contribution in [2.45, 2.75) is 32.8 Å². The van der Waals surface area contributed by atoms with E-state index in [0.717, 1.165) is 6.07 Å². The average Bonchev–Trinajstić information content (AvgIpc) is 2.35. The lowest BCUT2D eigenvalue weighted by Crippen LogP contribution is -2.33. The van der Waals surface area contributed by atoms with E-state index in [2.05, 4.69) is 10.6 Å². The molecule has 0 saturated carbocycles. The molecule has 0 aliphatic heterocycles. The first kappa shape index (κ1) is 17.0. The van der Waals surface area contributed by atoms with E-state index in [-0.39, 0.29) is 11.4 Å². The van der Waals surface area contributed by atoms with E-state index in [9.17, 15) is 13.6 Å². The SMILES string of the molecule is CC(C)(C)OC(=O)NCCCNc1c(N)ccc(F)c1F. The van der Waals surface area contributed by atoms with Gasteiger partial charge in [0.05, 0.1) is 11.4 Å². The monoisotopic (exact) mass is 301 g/mol. The number of halogens is 2. The fourth-order valence-electron chi connectivity index (χ4n) is 1.55. The highest BCUT2D eigenvalue weighted by Gasteiger charge is 2.15. The van der Waals surface area contributed by atoms with Crippen LogP contribution in [0.2, 0.25) is 0 Å². The second kappa shape index (κ2) is 7.10. The Balaban J connectivity index is 2.33. The number of carbonyl (C=O) groups excluding carboxylic acids is 1. The molecule has 0 aliphatic carbocycles. The summed E-state index contributed by atoms with van der Waals surface area (Å²) in [5.41, 5.74) is 5.08. The fourth-order valence-corrected chi connectivity index (χ4v) is 1.55. The van der Waals surface area contributed by atoms with Crippen molar-refractivity contribution in [1.29, 1.82) is 0 Å². The number of ether oxygens (including phenoxy) is 1. The van der Waals surface area contributed by atoms with Crippen LogP contribution in [0.1, 0.15) is 27.2 Å². The number of anilines is 2. The maximum absolute atomic E-state index is 13.5. The summed E-state index contributed by atoms with van der Waals surface area (Å²) in [5.74, 6) is -1.96. The summed E-state index contributed by atoms with van der Waals surface area (Å²) in [4.78, 5) is 11.4. The molecule has 0 spiro atoms. The van der Waals surface area contributed by atoms with Crippen molar-refractivity contribution in [2.75, 3.05) is 24.1 Å². The topological polar surface area (TPSA) is 76.4 Å². The van der Waals surface area contributed by atoms with Crippen LogP contribution < -0.4 is 16.4 Å². The summed E-state index contributed by atoms with van der Waals surface area (Å²) in [6, 6.07) is 2.26. The number of benzene rings is 1. The third-order valence-electron chi connectivity index (χ3n) is 2.45. The van der Waals surface area contributed by atoms with Gasteiger partial charge in [-0.3, -0.25) is 0 Å². The summed E-state index contributed by atoms with van der Waals surface area (Å²) < 4.78 is 31.6. The molecule has 21 heavy (non-hydrogen) atoms. The van der Waals surface area contributed by atoms with Crippen molar-refractivity contribution in [3.8, 4) is 0 Å². The van der Waals surface area contributed by atoms with Gasteiger partial charge in [0, 0.05) is 13.1 Å². The molecule has 0 bridgehead atoms. The lowest BCUT2D eigenvalue weighted by Gasteiger charge is -2.19. The van der Waals surface area contributed by atoms with Gasteiger partial charge in [0.25, 0.3) is 0 Å².